The van der Waals surface area contributed by atoms with Crippen LogP contribution >= 0.6 is 27.3 Å². The Hall–Kier alpha value is -0.850. The Bertz CT molecular complexity index is 533. The molecule has 1 aromatic heterocycles. The largest absolute Gasteiger partial charge is 0.375 e. The minimum absolute atomic E-state index is 0.274. The molecule has 0 atom stereocenters. The first-order valence-electron chi connectivity index (χ1n) is 5.71. The molecule has 2 nitrogen and oxygen atoms in total. The molecule has 19 heavy (non-hydrogen) atoms. The molecule has 0 aliphatic heterocycles. The third-order valence-electron chi connectivity index (χ3n) is 2.38. The van der Waals surface area contributed by atoms with Gasteiger partial charge in [0.25, 0.3) is 6.43 Å². The molecule has 0 amide bonds. The number of hydrogen-bond donors (Lipinski definition) is 0. The van der Waals surface area contributed by atoms with Crippen LogP contribution in [0.1, 0.15) is 5.01 Å². The smallest absolute Gasteiger partial charge is 0.261 e. The molecule has 6 heteroatoms. The molecule has 0 radical (unpaired) electrons. The molecule has 1 heterocycles. The zero-order valence-electron chi connectivity index (χ0n) is 9.98. The van der Waals surface area contributed by atoms with Gasteiger partial charge in [0, 0.05) is 21.8 Å². The third-order valence-corrected chi connectivity index (χ3v) is 3.78. The average Bonchev–Trinajstić information content (AvgIpc) is 2.83. The molecule has 2 aromatic rings. The predicted octanol–water partition coefficient (Wildman–Crippen LogP) is 4.40. The SMILES string of the molecule is FC(F)COCCc1nc(-c2cccc(Br)c2)cs1. The molecule has 0 N–H and O–H groups in total. The lowest BCUT2D eigenvalue weighted by molar-refractivity contribution is 0.0187. The summed E-state index contributed by atoms with van der Waals surface area (Å²) in [5, 5.41) is 2.86. The summed E-state index contributed by atoms with van der Waals surface area (Å²) >= 11 is 4.93. The molecule has 0 unspecified atom stereocenters. The standard InChI is InChI=1S/C13H12BrF2NOS/c14-10-3-1-2-9(6-10)11-8-19-13(17-11)4-5-18-7-12(15)16/h1-3,6,8,12H,4-5,7H2. The Balaban J connectivity index is 1.92. The monoisotopic (exact) mass is 347 g/mol. The predicted molar refractivity (Wildman–Crippen MR) is 75.8 cm³/mol. The van der Waals surface area contributed by atoms with Crippen LogP contribution in [0, 0.1) is 0 Å². The van der Waals surface area contributed by atoms with E-state index in [1.54, 1.807) is 0 Å². The topological polar surface area (TPSA) is 22.1 Å². The van der Waals surface area contributed by atoms with Gasteiger partial charge < -0.3 is 4.74 Å². The van der Waals surface area contributed by atoms with Crippen molar-refractivity contribution >= 4 is 27.3 Å². The number of aromatic nitrogens is 1. The summed E-state index contributed by atoms with van der Waals surface area (Å²) in [6.07, 6.45) is -1.85. The van der Waals surface area contributed by atoms with Gasteiger partial charge in [-0.05, 0) is 12.1 Å². The molecule has 0 fully saturated rings. The minimum atomic E-state index is -2.41. The maximum Gasteiger partial charge on any atom is 0.261 e. The van der Waals surface area contributed by atoms with Gasteiger partial charge >= 0.3 is 0 Å². The maximum absolute atomic E-state index is 11.9. The van der Waals surface area contributed by atoms with Crippen molar-refractivity contribution < 1.29 is 13.5 Å². The first-order valence-corrected chi connectivity index (χ1v) is 7.38. The second-order valence-electron chi connectivity index (χ2n) is 3.85. The van der Waals surface area contributed by atoms with Gasteiger partial charge in [0.05, 0.1) is 17.3 Å². The number of halogens is 3. The van der Waals surface area contributed by atoms with Gasteiger partial charge in [-0.15, -0.1) is 11.3 Å². The van der Waals surface area contributed by atoms with E-state index < -0.39 is 13.0 Å². The van der Waals surface area contributed by atoms with Crippen molar-refractivity contribution in [3.05, 3.63) is 39.1 Å². The molecule has 1 aromatic carbocycles. The van der Waals surface area contributed by atoms with E-state index in [0.29, 0.717) is 6.42 Å². The number of rotatable bonds is 6. The highest BCUT2D eigenvalue weighted by atomic mass is 79.9. The molecular weight excluding hydrogens is 336 g/mol. The minimum Gasteiger partial charge on any atom is -0.375 e. The van der Waals surface area contributed by atoms with Crippen molar-refractivity contribution in [2.75, 3.05) is 13.2 Å². The fourth-order valence-corrected chi connectivity index (χ4v) is 2.73. The number of thiazole rings is 1. The van der Waals surface area contributed by atoms with Crippen LogP contribution in [0.15, 0.2) is 34.1 Å². The summed E-state index contributed by atoms with van der Waals surface area (Å²) in [5.41, 5.74) is 1.93. The van der Waals surface area contributed by atoms with Crippen LogP contribution in [0.25, 0.3) is 11.3 Å². The van der Waals surface area contributed by atoms with E-state index in [0.717, 1.165) is 20.7 Å². The Kier molecular flexibility index (Phi) is 5.42. The van der Waals surface area contributed by atoms with Crippen molar-refractivity contribution in [2.24, 2.45) is 0 Å². The molecule has 2 rings (SSSR count). The van der Waals surface area contributed by atoms with Crippen LogP contribution in [0.5, 0.6) is 0 Å². The lowest BCUT2D eigenvalue weighted by Gasteiger charge is -2.01. The second-order valence-corrected chi connectivity index (χ2v) is 5.71. The highest BCUT2D eigenvalue weighted by Gasteiger charge is 2.06. The van der Waals surface area contributed by atoms with Gasteiger partial charge in [0.15, 0.2) is 0 Å². The van der Waals surface area contributed by atoms with E-state index in [2.05, 4.69) is 20.9 Å². The number of alkyl halides is 2. The highest BCUT2D eigenvalue weighted by molar-refractivity contribution is 9.10. The van der Waals surface area contributed by atoms with Crippen molar-refractivity contribution in [2.45, 2.75) is 12.8 Å². The van der Waals surface area contributed by atoms with Crippen LogP contribution in [-0.2, 0) is 11.2 Å². The number of nitrogens with zero attached hydrogens (tertiary/aromatic N) is 1. The quantitative estimate of drug-likeness (QED) is 0.722. The first-order chi connectivity index (χ1) is 9.15. The first kappa shape index (κ1) is 14.6. The van der Waals surface area contributed by atoms with Crippen LogP contribution in [-0.4, -0.2) is 24.6 Å². The Labute approximate surface area is 122 Å². The summed E-state index contributed by atoms with van der Waals surface area (Å²) < 4.78 is 29.6. The lowest BCUT2D eigenvalue weighted by atomic mass is 10.2. The fraction of sp³-hybridized carbons (Fsp3) is 0.308. The normalized spacial score (nSPS) is 11.2. The zero-order valence-corrected chi connectivity index (χ0v) is 12.4. The molecule has 0 spiro atoms. The lowest BCUT2D eigenvalue weighted by Crippen LogP contribution is -2.06. The molecule has 0 bridgehead atoms. The Morgan fingerprint density at radius 3 is 2.95 bits per heavy atom. The molecule has 0 aliphatic rings. The van der Waals surface area contributed by atoms with Gasteiger partial charge in [0.1, 0.15) is 6.61 Å². The molecule has 102 valence electrons. The van der Waals surface area contributed by atoms with Gasteiger partial charge in [-0.25, -0.2) is 13.8 Å². The van der Waals surface area contributed by atoms with E-state index in [4.69, 9.17) is 4.74 Å². The van der Waals surface area contributed by atoms with Crippen molar-refractivity contribution in [1.29, 1.82) is 0 Å². The maximum atomic E-state index is 11.9. The number of benzene rings is 1. The van der Waals surface area contributed by atoms with Crippen LogP contribution in [0.2, 0.25) is 0 Å². The fourth-order valence-electron chi connectivity index (χ4n) is 1.54. The van der Waals surface area contributed by atoms with E-state index in [9.17, 15) is 8.78 Å². The third kappa shape index (κ3) is 4.63. The summed E-state index contributed by atoms with van der Waals surface area (Å²) in [5.74, 6) is 0. The van der Waals surface area contributed by atoms with Crippen LogP contribution < -0.4 is 0 Å². The van der Waals surface area contributed by atoms with Gasteiger partial charge in [0.2, 0.25) is 0 Å². The summed E-state index contributed by atoms with van der Waals surface area (Å²) in [4.78, 5) is 4.47. The van der Waals surface area contributed by atoms with Crippen LogP contribution in [0.4, 0.5) is 8.78 Å². The molecule has 0 aliphatic carbocycles. The zero-order chi connectivity index (χ0) is 13.7. The average molecular weight is 348 g/mol. The van der Waals surface area contributed by atoms with Crippen molar-refractivity contribution in [3.8, 4) is 11.3 Å². The van der Waals surface area contributed by atoms with Gasteiger partial charge in [-0.3, -0.25) is 0 Å². The highest BCUT2D eigenvalue weighted by Crippen LogP contribution is 2.24. The molecular formula is C13H12BrF2NOS. The number of ether oxygens (including phenoxy) is 1. The number of hydrogen-bond acceptors (Lipinski definition) is 3. The van der Waals surface area contributed by atoms with E-state index in [-0.39, 0.29) is 6.61 Å². The van der Waals surface area contributed by atoms with E-state index in [1.165, 1.54) is 11.3 Å². The van der Waals surface area contributed by atoms with Crippen molar-refractivity contribution in [3.63, 3.8) is 0 Å². The van der Waals surface area contributed by atoms with Gasteiger partial charge in [-0.1, -0.05) is 28.1 Å². The summed E-state index contributed by atoms with van der Waals surface area (Å²) in [6.45, 7) is -0.236. The molecule has 0 saturated heterocycles. The summed E-state index contributed by atoms with van der Waals surface area (Å²) in [6, 6.07) is 7.88. The Morgan fingerprint density at radius 1 is 1.37 bits per heavy atom. The summed E-state index contributed by atoms with van der Waals surface area (Å²) in [7, 11) is 0. The van der Waals surface area contributed by atoms with Gasteiger partial charge in [-0.2, -0.15) is 0 Å². The van der Waals surface area contributed by atoms with Crippen LogP contribution in [0.3, 0.4) is 0 Å². The Morgan fingerprint density at radius 2 is 2.21 bits per heavy atom. The second kappa shape index (κ2) is 7.07. The van der Waals surface area contributed by atoms with Crippen molar-refractivity contribution in [1.82, 2.24) is 4.98 Å². The van der Waals surface area contributed by atoms with E-state index in [1.807, 2.05) is 29.6 Å². The van der Waals surface area contributed by atoms with E-state index >= 15 is 0 Å². The molecule has 0 saturated carbocycles.